The Balaban J connectivity index is 1.86. The number of rotatable bonds is 5. The molecule has 0 fully saturated rings. The maximum absolute atomic E-state index is 12.9. The molecule has 0 bridgehead atoms. The van der Waals surface area contributed by atoms with Gasteiger partial charge in [-0.1, -0.05) is 23.8 Å². The van der Waals surface area contributed by atoms with E-state index >= 15 is 0 Å². The fraction of sp³-hybridized carbons (Fsp3) is 0.529. The molecule has 1 aliphatic rings. The summed E-state index contributed by atoms with van der Waals surface area (Å²) in [6.07, 6.45) is 10.2. The topological polar surface area (TPSA) is 20.2 Å². The van der Waals surface area contributed by atoms with Crippen LogP contribution in [0.3, 0.4) is 0 Å². The number of hydrogen-bond donors (Lipinski definition) is 1. The largest absolute Gasteiger partial charge is 0.385 e. The third-order valence-corrected chi connectivity index (χ3v) is 4.01. The minimum Gasteiger partial charge on any atom is -0.385 e. The van der Waals surface area contributed by atoms with E-state index in [1.807, 2.05) is 6.92 Å². The number of aliphatic hydroxyl groups is 1. The Hall–Kier alpha value is -1.15. The zero-order valence-electron chi connectivity index (χ0n) is 11.7. The van der Waals surface area contributed by atoms with E-state index in [1.165, 1.54) is 37.8 Å². The predicted octanol–water partition coefficient (Wildman–Crippen LogP) is 4.70. The van der Waals surface area contributed by atoms with Crippen LogP contribution in [0.2, 0.25) is 0 Å². The van der Waals surface area contributed by atoms with Crippen LogP contribution in [0.5, 0.6) is 0 Å². The summed E-state index contributed by atoms with van der Waals surface area (Å²) in [5.74, 6) is -0.257. The van der Waals surface area contributed by atoms with Gasteiger partial charge < -0.3 is 5.11 Å². The first-order chi connectivity index (χ1) is 9.08. The van der Waals surface area contributed by atoms with Crippen molar-refractivity contribution in [3.05, 3.63) is 47.3 Å². The molecule has 1 nitrogen and oxygen atoms in total. The van der Waals surface area contributed by atoms with Crippen LogP contribution in [-0.4, -0.2) is 5.11 Å². The van der Waals surface area contributed by atoms with Crippen LogP contribution < -0.4 is 0 Å². The monoisotopic (exact) mass is 262 g/mol. The van der Waals surface area contributed by atoms with Gasteiger partial charge in [0.1, 0.15) is 5.82 Å². The highest BCUT2D eigenvalue weighted by atomic mass is 19.1. The lowest BCUT2D eigenvalue weighted by Crippen LogP contribution is -2.21. The van der Waals surface area contributed by atoms with Crippen LogP contribution in [0.25, 0.3) is 0 Å². The number of benzene rings is 1. The molecule has 0 heterocycles. The standard InChI is InChI=1S/C17H23FO/c1-17(19,15-9-11-16(18)12-10-15)13-5-8-14-6-3-2-4-7-14/h6,9-12,19H,2-5,7-8,13H2,1H3. The number of hydrogen-bond acceptors (Lipinski definition) is 1. The molecule has 0 aromatic heterocycles. The van der Waals surface area contributed by atoms with Crippen molar-refractivity contribution in [3.8, 4) is 0 Å². The third-order valence-electron chi connectivity index (χ3n) is 4.01. The summed E-state index contributed by atoms with van der Waals surface area (Å²) >= 11 is 0. The summed E-state index contributed by atoms with van der Waals surface area (Å²) in [6, 6.07) is 6.17. The fourth-order valence-corrected chi connectivity index (χ4v) is 2.74. The van der Waals surface area contributed by atoms with Crippen molar-refractivity contribution >= 4 is 0 Å². The maximum Gasteiger partial charge on any atom is 0.123 e. The first-order valence-electron chi connectivity index (χ1n) is 7.24. The molecule has 0 amide bonds. The average molecular weight is 262 g/mol. The summed E-state index contributed by atoms with van der Waals surface area (Å²) in [5, 5.41) is 10.5. The van der Waals surface area contributed by atoms with Crippen molar-refractivity contribution < 1.29 is 9.50 Å². The molecular weight excluding hydrogens is 239 g/mol. The third kappa shape index (κ3) is 4.17. The molecule has 1 aromatic rings. The van der Waals surface area contributed by atoms with Gasteiger partial charge in [0.05, 0.1) is 5.60 Å². The maximum atomic E-state index is 12.9. The van der Waals surface area contributed by atoms with Crippen molar-refractivity contribution in [2.45, 2.75) is 57.5 Å². The zero-order chi connectivity index (χ0) is 13.7. The summed E-state index contributed by atoms with van der Waals surface area (Å²) in [7, 11) is 0. The lowest BCUT2D eigenvalue weighted by Gasteiger charge is -2.24. The quantitative estimate of drug-likeness (QED) is 0.762. The Kier molecular flexibility index (Phi) is 4.76. The van der Waals surface area contributed by atoms with Gasteiger partial charge in [-0.15, -0.1) is 0 Å². The van der Waals surface area contributed by atoms with Gasteiger partial charge in [-0.25, -0.2) is 4.39 Å². The summed E-state index contributed by atoms with van der Waals surface area (Å²) in [5.41, 5.74) is 1.48. The average Bonchev–Trinajstić information content (AvgIpc) is 2.40. The highest BCUT2D eigenvalue weighted by molar-refractivity contribution is 5.22. The minimum atomic E-state index is -0.858. The van der Waals surface area contributed by atoms with Crippen molar-refractivity contribution in [3.63, 3.8) is 0 Å². The van der Waals surface area contributed by atoms with Gasteiger partial charge in [-0.2, -0.15) is 0 Å². The molecule has 0 aliphatic heterocycles. The lowest BCUT2D eigenvalue weighted by molar-refractivity contribution is 0.0455. The van der Waals surface area contributed by atoms with Crippen LogP contribution in [-0.2, 0) is 5.60 Å². The highest BCUT2D eigenvalue weighted by Crippen LogP contribution is 2.29. The van der Waals surface area contributed by atoms with Crippen molar-refractivity contribution in [1.82, 2.24) is 0 Å². The molecular formula is C17H23FO. The number of halogens is 1. The second-order valence-electron chi connectivity index (χ2n) is 5.74. The van der Waals surface area contributed by atoms with E-state index in [1.54, 1.807) is 17.7 Å². The van der Waals surface area contributed by atoms with Crippen LogP contribution >= 0.6 is 0 Å². The fourth-order valence-electron chi connectivity index (χ4n) is 2.74. The molecule has 19 heavy (non-hydrogen) atoms. The molecule has 1 aliphatic carbocycles. The Morgan fingerprint density at radius 2 is 1.95 bits per heavy atom. The Bertz CT molecular complexity index is 431. The van der Waals surface area contributed by atoms with Gasteiger partial charge >= 0.3 is 0 Å². The molecule has 1 atom stereocenters. The molecule has 1 N–H and O–H groups in total. The minimum absolute atomic E-state index is 0.257. The molecule has 0 saturated carbocycles. The SMILES string of the molecule is CC(O)(CCCC1=CCCCC1)c1ccc(F)cc1. The van der Waals surface area contributed by atoms with Gasteiger partial charge in [-0.3, -0.25) is 0 Å². The van der Waals surface area contributed by atoms with Crippen LogP contribution in [0.1, 0.15) is 57.4 Å². The summed E-state index contributed by atoms with van der Waals surface area (Å²) in [6.45, 7) is 1.81. The normalized spacial score (nSPS) is 18.8. The van der Waals surface area contributed by atoms with Gasteiger partial charge in [0.2, 0.25) is 0 Å². The van der Waals surface area contributed by atoms with Gasteiger partial charge in [0.25, 0.3) is 0 Å². The van der Waals surface area contributed by atoms with Crippen molar-refractivity contribution in [1.29, 1.82) is 0 Å². The van der Waals surface area contributed by atoms with Crippen LogP contribution in [0.4, 0.5) is 4.39 Å². The number of allylic oxidation sites excluding steroid dienone is 2. The molecule has 1 aromatic carbocycles. The van der Waals surface area contributed by atoms with Crippen molar-refractivity contribution in [2.24, 2.45) is 0 Å². The smallest absolute Gasteiger partial charge is 0.123 e. The molecule has 0 radical (unpaired) electrons. The Morgan fingerprint density at radius 3 is 2.58 bits per heavy atom. The Labute approximate surface area is 115 Å². The van der Waals surface area contributed by atoms with E-state index in [0.29, 0.717) is 0 Å². The van der Waals surface area contributed by atoms with Gasteiger partial charge in [-0.05, 0) is 69.6 Å². The second kappa shape index (κ2) is 6.33. The molecule has 1 unspecified atom stereocenters. The van der Waals surface area contributed by atoms with E-state index < -0.39 is 5.60 Å². The lowest BCUT2D eigenvalue weighted by atomic mass is 9.88. The van der Waals surface area contributed by atoms with E-state index in [-0.39, 0.29) is 5.82 Å². The molecule has 104 valence electrons. The van der Waals surface area contributed by atoms with Crippen molar-refractivity contribution in [2.75, 3.05) is 0 Å². The summed E-state index contributed by atoms with van der Waals surface area (Å²) in [4.78, 5) is 0. The first kappa shape index (κ1) is 14.3. The van der Waals surface area contributed by atoms with Crippen LogP contribution in [0, 0.1) is 5.82 Å². The molecule has 0 spiro atoms. The Morgan fingerprint density at radius 1 is 1.21 bits per heavy atom. The first-order valence-corrected chi connectivity index (χ1v) is 7.24. The highest BCUT2D eigenvalue weighted by Gasteiger charge is 2.22. The molecule has 0 saturated heterocycles. The van der Waals surface area contributed by atoms with E-state index in [9.17, 15) is 9.50 Å². The van der Waals surface area contributed by atoms with E-state index in [4.69, 9.17) is 0 Å². The van der Waals surface area contributed by atoms with E-state index in [0.717, 1.165) is 24.8 Å². The zero-order valence-corrected chi connectivity index (χ0v) is 11.7. The van der Waals surface area contributed by atoms with E-state index in [2.05, 4.69) is 6.08 Å². The molecule has 2 heteroatoms. The summed E-state index contributed by atoms with van der Waals surface area (Å²) < 4.78 is 12.9. The predicted molar refractivity (Wildman–Crippen MR) is 76.4 cm³/mol. The van der Waals surface area contributed by atoms with Gasteiger partial charge in [0, 0.05) is 0 Å². The van der Waals surface area contributed by atoms with Crippen LogP contribution in [0.15, 0.2) is 35.9 Å². The van der Waals surface area contributed by atoms with Gasteiger partial charge in [0.15, 0.2) is 0 Å². The second-order valence-corrected chi connectivity index (χ2v) is 5.74. The molecule has 2 rings (SSSR count).